The molecular weight excluding hydrogens is 398 g/mol. The van der Waals surface area contributed by atoms with Crippen molar-refractivity contribution in [2.75, 3.05) is 33.4 Å². The Morgan fingerprint density at radius 2 is 2.06 bits per heavy atom. The number of aryl methyl sites for hydroxylation is 1. The van der Waals surface area contributed by atoms with Gasteiger partial charge in [-0.1, -0.05) is 6.07 Å². The second kappa shape index (κ2) is 10.5. The van der Waals surface area contributed by atoms with Crippen molar-refractivity contribution in [3.63, 3.8) is 0 Å². The van der Waals surface area contributed by atoms with Gasteiger partial charge < -0.3 is 19.1 Å². The van der Waals surface area contributed by atoms with Gasteiger partial charge in [-0.3, -0.25) is 19.5 Å². The number of ether oxygens (including phenoxy) is 2. The van der Waals surface area contributed by atoms with E-state index in [-0.39, 0.29) is 23.2 Å². The molecule has 0 saturated carbocycles. The van der Waals surface area contributed by atoms with Gasteiger partial charge >= 0.3 is 5.97 Å². The summed E-state index contributed by atoms with van der Waals surface area (Å²) in [5.41, 5.74) is 1.41. The number of esters is 1. The van der Waals surface area contributed by atoms with Crippen molar-refractivity contribution in [1.29, 1.82) is 0 Å². The number of aromatic nitrogens is 2. The average Bonchev–Trinajstić information content (AvgIpc) is 2.77. The van der Waals surface area contributed by atoms with Gasteiger partial charge in [0.05, 0.1) is 36.4 Å². The molecule has 1 aliphatic rings. The molecular formula is C23H31N3O5. The lowest BCUT2D eigenvalue weighted by Gasteiger charge is -2.37. The minimum atomic E-state index is -0.508. The third-order valence-corrected chi connectivity index (χ3v) is 5.80. The molecule has 0 aliphatic carbocycles. The van der Waals surface area contributed by atoms with Crippen molar-refractivity contribution in [3.05, 3.63) is 57.8 Å². The van der Waals surface area contributed by atoms with E-state index >= 15 is 0 Å². The van der Waals surface area contributed by atoms with Crippen LogP contribution in [0.15, 0.2) is 35.3 Å². The number of piperidine rings is 1. The van der Waals surface area contributed by atoms with Crippen molar-refractivity contribution >= 4 is 5.97 Å². The largest absolute Gasteiger partial charge is 0.507 e. The molecule has 31 heavy (non-hydrogen) atoms. The summed E-state index contributed by atoms with van der Waals surface area (Å²) in [4.78, 5) is 32.2. The van der Waals surface area contributed by atoms with Gasteiger partial charge in [0, 0.05) is 25.5 Å². The van der Waals surface area contributed by atoms with Crippen molar-refractivity contribution in [2.24, 2.45) is 5.92 Å². The van der Waals surface area contributed by atoms with Crippen LogP contribution in [0.4, 0.5) is 0 Å². The Balaban J connectivity index is 1.99. The zero-order valence-electron chi connectivity index (χ0n) is 18.4. The summed E-state index contributed by atoms with van der Waals surface area (Å²) in [6.07, 6.45) is 2.95. The minimum absolute atomic E-state index is 0.0423. The number of carbonyl (C=O) groups is 1. The van der Waals surface area contributed by atoms with E-state index in [9.17, 15) is 14.7 Å². The van der Waals surface area contributed by atoms with E-state index in [1.807, 2.05) is 18.2 Å². The third kappa shape index (κ3) is 5.14. The van der Waals surface area contributed by atoms with E-state index in [0.29, 0.717) is 62.6 Å². The molecule has 1 fully saturated rings. The molecule has 1 aliphatic heterocycles. The number of pyridine rings is 2. The van der Waals surface area contributed by atoms with Crippen molar-refractivity contribution < 1.29 is 19.4 Å². The van der Waals surface area contributed by atoms with Gasteiger partial charge in [-0.15, -0.1) is 0 Å². The normalized spacial score (nSPS) is 16.2. The monoisotopic (exact) mass is 429 g/mol. The van der Waals surface area contributed by atoms with Gasteiger partial charge in [0.15, 0.2) is 0 Å². The molecule has 8 nitrogen and oxygen atoms in total. The Labute approximate surface area is 182 Å². The molecule has 0 aromatic carbocycles. The maximum atomic E-state index is 13.5. The first-order valence-electron chi connectivity index (χ1n) is 10.7. The van der Waals surface area contributed by atoms with Crippen LogP contribution in [0.25, 0.3) is 0 Å². The summed E-state index contributed by atoms with van der Waals surface area (Å²) in [6, 6.07) is 6.66. The second-order valence-corrected chi connectivity index (χ2v) is 7.75. The SMILES string of the molecule is CCOC(=O)C1CCN(C(c2ccccn2)c2c(O)cc(C)n(CCOC)c2=O)CC1. The molecule has 0 amide bonds. The Hall–Kier alpha value is -2.71. The standard InChI is InChI=1S/C23H31N3O5/c1-4-31-23(29)17-8-11-25(12-9-17)21(18-7-5-6-10-24-18)20-19(27)15-16(2)26(22(20)28)13-14-30-3/h5-7,10,15,17,21,27H,4,8-9,11-14H2,1-3H3. The lowest BCUT2D eigenvalue weighted by atomic mass is 9.93. The van der Waals surface area contributed by atoms with Gasteiger partial charge in [-0.25, -0.2) is 0 Å². The fourth-order valence-corrected chi connectivity index (χ4v) is 4.19. The molecule has 8 heteroatoms. The maximum Gasteiger partial charge on any atom is 0.309 e. The molecule has 1 unspecified atom stereocenters. The van der Waals surface area contributed by atoms with Crippen molar-refractivity contribution in [2.45, 2.75) is 39.3 Å². The summed E-state index contributed by atoms with van der Waals surface area (Å²) in [5.74, 6) is -0.360. The van der Waals surface area contributed by atoms with Crippen molar-refractivity contribution in [3.8, 4) is 5.75 Å². The molecule has 2 aromatic rings. The van der Waals surface area contributed by atoms with Crippen LogP contribution in [0, 0.1) is 12.8 Å². The number of hydrogen-bond donors (Lipinski definition) is 1. The van der Waals surface area contributed by atoms with Crippen LogP contribution in [0.2, 0.25) is 0 Å². The van der Waals surface area contributed by atoms with E-state index in [1.54, 1.807) is 37.8 Å². The van der Waals surface area contributed by atoms with Gasteiger partial charge in [-0.2, -0.15) is 0 Å². The molecule has 0 bridgehead atoms. The van der Waals surface area contributed by atoms with Crippen LogP contribution in [-0.4, -0.2) is 58.9 Å². The molecule has 1 atom stereocenters. The number of methoxy groups -OCH3 is 1. The maximum absolute atomic E-state index is 13.5. The molecule has 3 heterocycles. The highest BCUT2D eigenvalue weighted by molar-refractivity contribution is 5.72. The second-order valence-electron chi connectivity index (χ2n) is 7.75. The van der Waals surface area contributed by atoms with E-state index < -0.39 is 6.04 Å². The molecule has 2 aromatic heterocycles. The number of nitrogens with zero attached hydrogens (tertiary/aromatic N) is 3. The van der Waals surface area contributed by atoms with E-state index in [1.165, 1.54) is 0 Å². The Morgan fingerprint density at radius 3 is 2.68 bits per heavy atom. The van der Waals surface area contributed by atoms with Crippen LogP contribution in [0.5, 0.6) is 5.75 Å². The summed E-state index contributed by atoms with van der Waals surface area (Å²) in [5, 5.41) is 10.8. The quantitative estimate of drug-likeness (QED) is 0.644. The zero-order valence-corrected chi connectivity index (χ0v) is 18.4. The summed E-state index contributed by atoms with van der Waals surface area (Å²) < 4.78 is 12.0. The first-order chi connectivity index (χ1) is 15.0. The predicted molar refractivity (Wildman–Crippen MR) is 116 cm³/mol. The summed E-state index contributed by atoms with van der Waals surface area (Å²) in [6.45, 7) is 5.94. The van der Waals surface area contributed by atoms with E-state index in [0.717, 1.165) is 0 Å². The first-order valence-corrected chi connectivity index (χ1v) is 10.7. The number of rotatable bonds is 8. The smallest absolute Gasteiger partial charge is 0.309 e. The van der Waals surface area contributed by atoms with Crippen molar-refractivity contribution in [1.82, 2.24) is 14.5 Å². The average molecular weight is 430 g/mol. The highest BCUT2D eigenvalue weighted by Crippen LogP contribution is 2.34. The van der Waals surface area contributed by atoms with Gasteiger partial charge in [0.25, 0.3) is 5.56 Å². The van der Waals surface area contributed by atoms with Crippen LogP contribution in [-0.2, 0) is 20.8 Å². The number of aromatic hydroxyl groups is 1. The highest BCUT2D eigenvalue weighted by Gasteiger charge is 2.34. The fourth-order valence-electron chi connectivity index (χ4n) is 4.19. The predicted octanol–water partition coefficient (Wildman–Crippen LogP) is 2.27. The van der Waals surface area contributed by atoms with Gasteiger partial charge in [-0.05, 0) is 58.0 Å². The molecule has 3 rings (SSSR count). The number of carbonyl (C=O) groups excluding carboxylic acids is 1. The molecule has 0 radical (unpaired) electrons. The Kier molecular flexibility index (Phi) is 7.81. The molecule has 0 spiro atoms. The lowest BCUT2D eigenvalue weighted by molar-refractivity contribution is -0.149. The van der Waals surface area contributed by atoms with Crippen LogP contribution in [0.3, 0.4) is 0 Å². The topological polar surface area (TPSA) is 93.9 Å². The summed E-state index contributed by atoms with van der Waals surface area (Å²) >= 11 is 0. The van der Waals surface area contributed by atoms with Gasteiger partial charge in [0.1, 0.15) is 5.75 Å². The van der Waals surface area contributed by atoms with Crippen LogP contribution >= 0.6 is 0 Å². The highest BCUT2D eigenvalue weighted by atomic mass is 16.5. The van der Waals surface area contributed by atoms with E-state index in [2.05, 4.69) is 9.88 Å². The fraction of sp³-hybridized carbons (Fsp3) is 0.522. The molecule has 1 N–H and O–H groups in total. The van der Waals surface area contributed by atoms with E-state index in [4.69, 9.17) is 9.47 Å². The number of likely N-dealkylation sites (tertiary alicyclic amines) is 1. The lowest BCUT2D eigenvalue weighted by Crippen LogP contribution is -2.42. The van der Waals surface area contributed by atoms with Crippen LogP contribution < -0.4 is 5.56 Å². The first kappa shape index (κ1) is 23.0. The minimum Gasteiger partial charge on any atom is -0.507 e. The number of hydrogen-bond acceptors (Lipinski definition) is 7. The Morgan fingerprint density at radius 1 is 1.32 bits per heavy atom. The summed E-state index contributed by atoms with van der Waals surface area (Å²) in [7, 11) is 1.59. The molecule has 1 saturated heterocycles. The zero-order chi connectivity index (χ0) is 22.4. The van der Waals surface area contributed by atoms with Crippen LogP contribution in [0.1, 0.15) is 42.8 Å². The Bertz CT molecular complexity index is 936. The molecule has 168 valence electrons. The van der Waals surface area contributed by atoms with Gasteiger partial charge in [0.2, 0.25) is 0 Å². The third-order valence-electron chi connectivity index (χ3n) is 5.80.